The zero-order valence-corrected chi connectivity index (χ0v) is 13.4. The predicted octanol–water partition coefficient (Wildman–Crippen LogP) is 2.07. The lowest BCUT2D eigenvalue weighted by Crippen LogP contribution is -2.48. The Morgan fingerprint density at radius 3 is 2.48 bits per heavy atom. The van der Waals surface area contributed by atoms with Crippen LogP contribution in [0, 0.1) is 0 Å². The van der Waals surface area contributed by atoms with Gasteiger partial charge in [-0.25, -0.2) is 0 Å². The minimum atomic E-state index is -0.257. The topological polar surface area (TPSA) is 58.6 Å². The fraction of sp³-hybridized carbons (Fsp3) is 0.500. The van der Waals surface area contributed by atoms with E-state index in [-0.39, 0.29) is 17.4 Å². The lowest BCUT2D eigenvalue weighted by atomic mass is 10.1. The second-order valence-corrected chi connectivity index (χ2v) is 5.83. The summed E-state index contributed by atoms with van der Waals surface area (Å²) in [5, 5.41) is 2.82. The van der Waals surface area contributed by atoms with Crippen LogP contribution >= 0.6 is 0 Å². The van der Waals surface area contributed by atoms with Crippen LogP contribution in [0.3, 0.4) is 0 Å². The van der Waals surface area contributed by atoms with Crippen molar-refractivity contribution in [3.8, 4) is 5.75 Å². The third-order valence-electron chi connectivity index (χ3n) is 3.14. The van der Waals surface area contributed by atoms with Gasteiger partial charge in [-0.1, -0.05) is 6.07 Å². The molecular formula is C16H24N2O3. The molecule has 0 saturated carbocycles. The second-order valence-electron chi connectivity index (χ2n) is 5.83. The minimum Gasteiger partial charge on any atom is -0.497 e. The van der Waals surface area contributed by atoms with E-state index >= 15 is 0 Å². The Morgan fingerprint density at radius 2 is 1.95 bits per heavy atom. The van der Waals surface area contributed by atoms with Crippen LogP contribution < -0.4 is 10.1 Å². The third kappa shape index (κ3) is 5.10. The minimum absolute atomic E-state index is 0.00173. The van der Waals surface area contributed by atoms with Crippen molar-refractivity contribution < 1.29 is 14.3 Å². The molecule has 116 valence electrons. The maximum absolute atomic E-state index is 12.0. The highest BCUT2D eigenvalue weighted by molar-refractivity contribution is 5.94. The lowest BCUT2D eigenvalue weighted by molar-refractivity contribution is -0.133. The number of rotatable bonds is 5. The summed E-state index contributed by atoms with van der Waals surface area (Å²) in [6.07, 6.45) is 0. The van der Waals surface area contributed by atoms with Gasteiger partial charge in [0.25, 0.3) is 5.91 Å². The molecule has 5 heteroatoms. The highest BCUT2D eigenvalue weighted by atomic mass is 16.5. The molecule has 0 saturated heterocycles. The van der Waals surface area contributed by atoms with Crippen molar-refractivity contribution in [1.29, 1.82) is 0 Å². The second kappa shape index (κ2) is 7.11. The van der Waals surface area contributed by atoms with Gasteiger partial charge >= 0.3 is 0 Å². The van der Waals surface area contributed by atoms with E-state index in [1.807, 2.05) is 20.8 Å². The molecule has 0 aliphatic rings. The number of benzene rings is 1. The Hall–Kier alpha value is -2.04. The maximum Gasteiger partial charge on any atom is 0.251 e. The van der Waals surface area contributed by atoms with Crippen molar-refractivity contribution in [3.63, 3.8) is 0 Å². The fourth-order valence-corrected chi connectivity index (χ4v) is 2.11. The summed E-state index contributed by atoms with van der Waals surface area (Å²) in [4.78, 5) is 25.4. The van der Waals surface area contributed by atoms with E-state index < -0.39 is 0 Å². The largest absolute Gasteiger partial charge is 0.497 e. The summed E-state index contributed by atoms with van der Waals surface area (Å²) in [6.45, 7) is 8.34. The van der Waals surface area contributed by atoms with Gasteiger partial charge in [-0.2, -0.15) is 0 Å². The van der Waals surface area contributed by atoms with Crippen LogP contribution in [0.1, 0.15) is 38.1 Å². The SMILES string of the molecule is COc1cccc(C(=O)NCCN(C(C)=O)C(C)(C)C)c1. The van der Waals surface area contributed by atoms with Gasteiger partial charge in [0.15, 0.2) is 0 Å². The Labute approximate surface area is 126 Å². The molecule has 0 aliphatic carbocycles. The molecule has 0 bridgehead atoms. The van der Waals surface area contributed by atoms with Gasteiger partial charge in [-0.3, -0.25) is 9.59 Å². The summed E-state index contributed by atoms with van der Waals surface area (Å²) < 4.78 is 5.09. The summed E-state index contributed by atoms with van der Waals surface area (Å²) >= 11 is 0. The van der Waals surface area contributed by atoms with Crippen LogP contribution in [0.2, 0.25) is 0 Å². The highest BCUT2D eigenvalue weighted by Gasteiger charge is 2.23. The molecule has 0 heterocycles. The first kappa shape index (κ1) is 17.0. The Kier molecular flexibility index (Phi) is 5.76. The van der Waals surface area contributed by atoms with E-state index in [0.717, 1.165) is 0 Å². The van der Waals surface area contributed by atoms with E-state index in [4.69, 9.17) is 4.74 Å². The van der Waals surface area contributed by atoms with Crippen molar-refractivity contribution in [3.05, 3.63) is 29.8 Å². The molecule has 1 aromatic rings. The predicted molar refractivity (Wildman–Crippen MR) is 82.5 cm³/mol. The van der Waals surface area contributed by atoms with Crippen LogP contribution in [0.25, 0.3) is 0 Å². The van der Waals surface area contributed by atoms with E-state index in [1.54, 1.807) is 36.3 Å². The standard InChI is InChI=1S/C16H24N2O3/c1-12(19)18(16(2,3)4)10-9-17-15(20)13-7-6-8-14(11-13)21-5/h6-8,11H,9-10H2,1-5H3,(H,17,20). The molecule has 1 rings (SSSR count). The summed E-state index contributed by atoms with van der Waals surface area (Å²) in [6, 6.07) is 6.96. The molecule has 0 aliphatic heterocycles. The Bertz CT molecular complexity index is 506. The molecule has 0 radical (unpaired) electrons. The van der Waals surface area contributed by atoms with Gasteiger partial charge in [-0.05, 0) is 39.0 Å². The molecule has 0 unspecified atom stereocenters. The van der Waals surface area contributed by atoms with Gasteiger partial charge < -0.3 is 15.0 Å². The van der Waals surface area contributed by atoms with Crippen molar-refractivity contribution in [2.75, 3.05) is 20.2 Å². The number of nitrogens with one attached hydrogen (secondary N) is 1. The van der Waals surface area contributed by atoms with Crippen LogP contribution in [-0.4, -0.2) is 42.5 Å². The van der Waals surface area contributed by atoms with E-state index in [2.05, 4.69) is 5.32 Å². The zero-order chi connectivity index (χ0) is 16.0. The zero-order valence-electron chi connectivity index (χ0n) is 13.4. The van der Waals surface area contributed by atoms with Crippen molar-refractivity contribution in [2.24, 2.45) is 0 Å². The lowest BCUT2D eigenvalue weighted by Gasteiger charge is -2.35. The number of methoxy groups -OCH3 is 1. The molecule has 2 amide bonds. The summed E-state index contributed by atoms with van der Waals surface area (Å²) in [5.41, 5.74) is 0.284. The Morgan fingerprint density at radius 1 is 1.29 bits per heavy atom. The Balaban J connectivity index is 2.58. The van der Waals surface area contributed by atoms with Crippen molar-refractivity contribution >= 4 is 11.8 Å². The van der Waals surface area contributed by atoms with Gasteiger partial charge in [0.2, 0.25) is 5.91 Å². The number of carbonyl (C=O) groups excluding carboxylic acids is 2. The van der Waals surface area contributed by atoms with Crippen molar-refractivity contribution in [1.82, 2.24) is 10.2 Å². The number of hydrogen-bond acceptors (Lipinski definition) is 3. The van der Waals surface area contributed by atoms with Gasteiger partial charge in [0.05, 0.1) is 7.11 Å². The van der Waals surface area contributed by atoms with Gasteiger partial charge in [0, 0.05) is 31.1 Å². The van der Waals surface area contributed by atoms with Crippen LogP contribution in [0.5, 0.6) is 5.75 Å². The first-order valence-electron chi connectivity index (χ1n) is 6.96. The number of nitrogens with zero attached hydrogens (tertiary/aromatic N) is 1. The van der Waals surface area contributed by atoms with Gasteiger partial charge in [0.1, 0.15) is 5.75 Å². The molecule has 0 fully saturated rings. The normalized spacial score (nSPS) is 10.9. The monoisotopic (exact) mass is 292 g/mol. The van der Waals surface area contributed by atoms with E-state index in [9.17, 15) is 9.59 Å². The molecule has 0 atom stereocenters. The first-order valence-corrected chi connectivity index (χ1v) is 6.96. The molecular weight excluding hydrogens is 268 g/mol. The summed E-state index contributed by atoms with van der Waals surface area (Å²) in [5.74, 6) is 0.465. The molecule has 0 aromatic heterocycles. The molecule has 5 nitrogen and oxygen atoms in total. The maximum atomic E-state index is 12.0. The smallest absolute Gasteiger partial charge is 0.251 e. The van der Waals surface area contributed by atoms with Crippen LogP contribution in [-0.2, 0) is 4.79 Å². The summed E-state index contributed by atoms with van der Waals surface area (Å²) in [7, 11) is 1.56. The van der Waals surface area contributed by atoms with E-state index in [1.165, 1.54) is 6.92 Å². The molecule has 21 heavy (non-hydrogen) atoms. The van der Waals surface area contributed by atoms with Crippen LogP contribution in [0.15, 0.2) is 24.3 Å². The quantitative estimate of drug-likeness (QED) is 0.904. The average Bonchev–Trinajstić information content (AvgIpc) is 2.41. The molecule has 1 aromatic carbocycles. The highest BCUT2D eigenvalue weighted by Crippen LogP contribution is 2.13. The first-order chi connectivity index (χ1) is 9.75. The number of ether oxygens (including phenoxy) is 1. The molecule has 0 spiro atoms. The third-order valence-corrected chi connectivity index (χ3v) is 3.14. The number of amides is 2. The fourth-order valence-electron chi connectivity index (χ4n) is 2.11. The van der Waals surface area contributed by atoms with Crippen molar-refractivity contribution in [2.45, 2.75) is 33.2 Å². The number of carbonyl (C=O) groups is 2. The number of hydrogen-bond donors (Lipinski definition) is 1. The van der Waals surface area contributed by atoms with Crippen LogP contribution in [0.4, 0.5) is 0 Å². The van der Waals surface area contributed by atoms with E-state index in [0.29, 0.717) is 24.4 Å². The van der Waals surface area contributed by atoms with Gasteiger partial charge in [-0.15, -0.1) is 0 Å². The molecule has 1 N–H and O–H groups in total. The average molecular weight is 292 g/mol.